The standard InChI is InChI=1S/C26H32N4O2S2/c1-16(2)27-20(31)14-29-21(32)15-34-23(19-8-7-13-33-19)22-24(26(4,5)6)28-30(25(22)29)18-11-9-17(3)10-12-18/h7-13,16,23H,14-15H2,1-6H3,(H,27,31). The molecular weight excluding hydrogens is 464 g/mol. The van der Waals surface area contributed by atoms with E-state index in [1.54, 1.807) is 28.0 Å². The molecule has 0 radical (unpaired) electrons. The summed E-state index contributed by atoms with van der Waals surface area (Å²) in [7, 11) is 0. The molecule has 2 aromatic heterocycles. The maximum atomic E-state index is 13.5. The molecule has 180 valence electrons. The second kappa shape index (κ2) is 9.58. The minimum absolute atomic E-state index is 0.00515. The van der Waals surface area contributed by atoms with Crippen molar-refractivity contribution in [1.82, 2.24) is 15.1 Å². The van der Waals surface area contributed by atoms with Crippen LogP contribution in [-0.2, 0) is 15.0 Å². The lowest BCUT2D eigenvalue weighted by atomic mass is 9.88. The number of thioether (sulfide) groups is 1. The number of fused-ring (bicyclic) bond motifs is 1. The highest BCUT2D eigenvalue weighted by Crippen LogP contribution is 2.49. The zero-order valence-corrected chi connectivity index (χ0v) is 22.2. The van der Waals surface area contributed by atoms with Gasteiger partial charge in [-0.2, -0.15) is 5.10 Å². The van der Waals surface area contributed by atoms with E-state index in [0.29, 0.717) is 11.6 Å². The number of rotatable bonds is 5. The van der Waals surface area contributed by atoms with E-state index in [2.05, 4.69) is 37.5 Å². The summed E-state index contributed by atoms with van der Waals surface area (Å²) in [4.78, 5) is 29.2. The lowest BCUT2D eigenvalue weighted by Crippen LogP contribution is -2.44. The topological polar surface area (TPSA) is 67.2 Å². The minimum atomic E-state index is -0.255. The average molecular weight is 497 g/mol. The van der Waals surface area contributed by atoms with Crippen LogP contribution in [0.4, 0.5) is 5.82 Å². The summed E-state index contributed by atoms with van der Waals surface area (Å²) in [6.45, 7) is 12.3. The lowest BCUT2D eigenvalue weighted by molar-refractivity contribution is -0.123. The SMILES string of the molecule is Cc1ccc(-n2nc(C(C)(C)C)c3c2N(CC(=O)NC(C)C)C(=O)CSC3c2cccs2)cc1. The largest absolute Gasteiger partial charge is 0.352 e. The molecule has 3 heterocycles. The van der Waals surface area contributed by atoms with Crippen LogP contribution in [0, 0.1) is 6.92 Å². The zero-order chi connectivity index (χ0) is 24.6. The first-order valence-electron chi connectivity index (χ1n) is 11.5. The molecule has 3 aromatic rings. The van der Waals surface area contributed by atoms with Crippen LogP contribution in [-0.4, -0.2) is 39.9 Å². The third kappa shape index (κ3) is 4.93. The fourth-order valence-corrected chi connectivity index (χ4v) is 6.29. The number of anilines is 1. The maximum absolute atomic E-state index is 13.5. The van der Waals surface area contributed by atoms with Gasteiger partial charge in [0.25, 0.3) is 0 Å². The molecule has 4 rings (SSSR count). The second-order valence-electron chi connectivity index (χ2n) is 9.99. The van der Waals surface area contributed by atoms with Gasteiger partial charge in [0.1, 0.15) is 12.4 Å². The van der Waals surface area contributed by atoms with Crippen molar-refractivity contribution in [2.24, 2.45) is 0 Å². The summed E-state index contributed by atoms with van der Waals surface area (Å²) in [6.07, 6.45) is 0. The van der Waals surface area contributed by atoms with E-state index >= 15 is 0 Å². The summed E-state index contributed by atoms with van der Waals surface area (Å²) in [5.41, 5.74) is 3.72. The molecule has 0 bridgehead atoms. The monoisotopic (exact) mass is 496 g/mol. The molecule has 1 atom stereocenters. The predicted molar refractivity (Wildman–Crippen MR) is 141 cm³/mol. The van der Waals surface area contributed by atoms with E-state index in [0.717, 1.165) is 22.5 Å². The van der Waals surface area contributed by atoms with E-state index in [4.69, 9.17) is 5.10 Å². The number of nitrogens with one attached hydrogen (secondary N) is 1. The van der Waals surface area contributed by atoms with Crippen molar-refractivity contribution in [2.75, 3.05) is 17.2 Å². The van der Waals surface area contributed by atoms with Gasteiger partial charge < -0.3 is 5.32 Å². The Morgan fingerprint density at radius 2 is 1.91 bits per heavy atom. The molecule has 6 nitrogen and oxygen atoms in total. The number of thiophene rings is 1. The first-order chi connectivity index (χ1) is 16.1. The molecule has 1 aliphatic rings. The Balaban J connectivity index is 1.98. The average Bonchev–Trinajstić information content (AvgIpc) is 3.38. The Bertz CT molecular complexity index is 1170. The number of amides is 2. The Hall–Kier alpha value is -2.58. The molecule has 2 amide bonds. The van der Waals surface area contributed by atoms with Crippen LogP contribution in [0.25, 0.3) is 5.69 Å². The first-order valence-corrected chi connectivity index (χ1v) is 13.4. The van der Waals surface area contributed by atoms with E-state index in [9.17, 15) is 9.59 Å². The molecule has 0 aliphatic carbocycles. The van der Waals surface area contributed by atoms with Crippen LogP contribution in [0.15, 0.2) is 41.8 Å². The molecule has 34 heavy (non-hydrogen) atoms. The molecule has 0 fully saturated rings. The smallest absolute Gasteiger partial charge is 0.240 e. The van der Waals surface area contributed by atoms with Crippen LogP contribution in [0.1, 0.15) is 61.6 Å². The summed E-state index contributed by atoms with van der Waals surface area (Å²) in [6, 6.07) is 12.3. The third-order valence-corrected chi connectivity index (χ3v) is 7.95. The van der Waals surface area contributed by atoms with Gasteiger partial charge in [0.2, 0.25) is 11.8 Å². The highest BCUT2D eigenvalue weighted by Gasteiger charge is 2.40. The highest BCUT2D eigenvalue weighted by molar-refractivity contribution is 8.00. The van der Waals surface area contributed by atoms with Crippen molar-refractivity contribution in [1.29, 1.82) is 0 Å². The van der Waals surface area contributed by atoms with Gasteiger partial charge >= 0.3 is 0 Å². The van der Waals surface area contributed by atoms with E-state index in [-0.39, 0.29) is 35.1 Å². The van der Waals surface area contributed by atoms with Gasteiger partial charge in [-0.3, -0.25) is 14.5 Å². The van der Waals surface area contributed by atoms with Crippen molar-refractivity contribution >= 4 is 40.7 Å². The minimum Gasteiger partial charge on any atom is -0.352 e. The molecular formula is C26H32N4O2S2. The Labute approximate surface area is 209 Å². The third-order valence-electron chi connectivity index (χ3n) is 5.63. The maximum Gasteiger partial charge on any atom is 0.240 e. The van der Waals surface area contributed by atoms with E-state index < -0.39 is 0 Å². The van der Waals surface area contributed by atoms with Gasteiger partial charge in [0.05, 0.1) is 22.4 Å². The first kappa shape index (κ1) is 24.5. The van der Waals surface area contributed by atoms with Crippen LogP contribution in [0.5, 0.6) is 0 Å². The van der Waals surface area contributed by atoms with Crippen molar-refractivity contribution in [3.8, 4) is 5.69 Å². The number of hydrogen-bond acceptors (Lipinski definition) is 5. The van der Waals surface area contributed by atoms with Gasteiger partial charge in [-0.05, 0) is 44.4 Å². The Morgan fingerprint density at radius 3 is 2.50 bits per heavy atom. The number of nitrogens with zero attached hydrogens (tertiary/aromatic N) is 3. The Kier molecular flexibility index (Phi) is 6.92. The number of aryl methyl sites for hydroxylation is 1. The summed E-state index contributed by atoms with van der Waals surface area (Å²) in [5, 5.41) is 10.1. The normalized spacial score (nSPS) is 16.5. The van der Waals surface area contributed by atoms with Gasteiger partial charge in [-0.15, -0.1) is 23.1 Å². The van der Waals surface area contributed by atoms with Crippen molar-refractivity contribution < 1.29 is 9.59 Å². The van der Waals surface area contributed by atoms with Gasteiger partial charge in [0.15, 0.2) is 0 Å². The summed E-state index contributed by atoms with van der Waals surface area (Å²) >= 11 is 3.30. The number of carbonyl (C=O) groups is 2. The van der Waals surface area contributed by atoms with Gasteiger partial charge in [0, 0.05) is 21.9 Å². The predicted octanol–water partition coefficient (Wildman–Crippen LogP) is 5.23. The second-order valence-corrected chi connectivity index (χ2v) is 12.1. The van der Waals surface area contributed by atoms with E-state index in [1.807, 2.05) is 55.8 Å². The molecule has 8 heteroatoms. The lowest BCUT2D eigenvalue weighted by Gasteiger charge is -2.24. The molecule has 1 unspecified atom stereocenters. The molecule has 0 saturated carbocycles. The van der Waals surface area contributed by atoms with Gasteiger partial charge in [-0.25, -0.2) is 4.68 Å². The Morgan fingerprint density at radius 1 is 1.21 bits per heavy atom. The number of aromatic nitrogens is 2. The fraction of sp³-hybridized carbons (Fsp3) is 0.423. The molecule has 0 spiro atoms. The number of carbonyl (C=O) groups excluding carboxylic acids is 2. The molecule has 1 aromatic carbocycles. The molecule has 1 N–H and O–H groups in total. The van der Waals surface area contributed by atoms with Gasteiger partial charge in [-0.1, -0.05) is 44.5 Å². The van der Waals surface area contributed by atoms with Crippen molar-refractivity contribution in [2.45, 2.75) is 58.2 Å². The van der Waals surface area contributed by atoms with Crippen LogP contribution < -0.4 is 10.2 Å². The number of benzene rings is 1. The van der Waals surface area contributed by atoms with Crippen LogP contribution in [0.2, 0.25) is 0 Å². The number of hydrogen-bond donors (Lipinski definition) is 1. The van der Waals surface area contributed by atoms with Crippen LogP contribution >= 0.6 is 23.1 Å². The fourth-order valence-electron chi connectivity index (χ4n) is 4.12. The molecule has 1 aliphatic heterocycles. The van der Waals surface area contributed by atoms with E-state index in [1.165, 1.54) is 4.88 Å². The van der Waals surface area contributed by atoms with Crippen molar-refractivity contribution in [3.05, 3.63) is 63.5 Å². The summed E-state index contributed by atoms with van der Waals surface area (Å²) in [5.74, 6) is 0.728. The van der Waals surface area contributed by atoms with Crippen molar-refractivity contribution in [3.63, 3.8) is 0 Å². The quantitative estimate of drug-likeness (QED) is 0.525. The molecule has 0 saturated heterocycles. The zero-order valence-electron chi connectivity index (χ0n) is 20.6. The summed E-state index contributed by atoms with van der Waals surface area (Å²) < 4.78 is 1.86. The van der Waals surface area contributed by atoms with Crippen LogP contribution in [0.3, 0.4) is 0 Å². The highest BCUT2D eigenvalue weighted by atomic mass is 32.2.